The molecule has 1 aliphatic carbocycles. The van der Waals surface area contributed by atoms with E-state index in [1.807, 2.05) is 6.07 Å². The first-order valence-electron chi connectivity index (χ1n) is 6.67. The predicted octanol–water partition coefficient (Wildman–Crippen LogP) is 3.67. The van der Waals surface area contributed by atoms with Crippen LogP contribution in [0.2, 0.25) is 0 Å². The molecule has 0 amide bonds. The molecule has 1 aromatic rings. The maximum absolute atomic E-state index is 9.78. The molecule has 2 N–H and O–H groups in total. The van der Waals surface area contributed by atoms with Crippen molar-refractivity contribution in [3.05, 3.63) is 28.2 Å². The van der Waals surface area contributed by atoms with Crippen molar-refractivity contribution in [1.29, 1.82) is 5.26 Å². The number of hydrogen-bond donors (Lipinski definition) is 2. The molecule has 1 fully saturated rings. The highest BCUT2D eigenvalue weighted by Crippen LogP contribution is 2.36. The van der Waals surface area contributed by atoms with Gasteiger partial charge in [0.05, 0.1) is 23.8 Å². The number of nitriles is 1. The maximum Gasteiger partial charge on any atom is 0.0992 e. The summed E-state index contributed by atoms with van der Waals surface area (Å²) in [5.41, 5.74) is 1.35. The highest BCUT2D eigenvalue weighted by atomic mass is 79.9. The fraction of sp³-hybridized carbons (Fsp3) is 0.533. The molecule has 0 saturated heterocycles. The standard InChI is InChI=1S/C15H19BrN2O/c1-11-3-2-6-15(8-11,10-19)18-14-5-4-12(9-17)7-13(14)16/h4-5,7,11,18-19H,2-3,6,8,10H2,1H3. The summed E-state index contributed by atoms with van der Waals surface area (Å²) in [7, 11) is 0. The van der Waals surface area contributed by atoms with E-state index in [-0.39, 0.29) is 12.1 Å². The van der Waals surface area contributed by atoms with Crippen molar-refractivity contribution in [2.45, 2.75) is 38.1 Å². The van der Waals surface area contributed by atoms with Crippen LogP contribution in [0.4, 0.5) is 5.69 Å². The second-order valence-corrected chi connectivity index (χ2v) is 6.43. The van der Waals surface area contributed by atoms with E-state index >= 15 is 0 Å². The van der Waals surface area contributed by atoms with Crippen LogP contribution in [0, 0.1) is 17.2 Å². The van der Waals surface area contributed by atoms with Crippen LogP contribution >= 0.6 is 15.9 Å². The van der Waals surface area contributed by atoms with Crippen molar-refractivity contribution in [2.24, 2.45) is 5.92 Å². The summed E-state index contributed by atoms with van der Waals surface area (Å²) in [4.78, 5) is 0. The van der Waals surface area contributed by atoms with Crippen LogP contribution in [0.5, 0.6) is 0 Å². The Morgan fingerprint density at radius 3 is 2.95 bits per heavy atom. The molecule has 0 radical (unpaired) electrons. The van der Waals surface area contributed by atoms with Gasteiger partial charge >= 0.3 is 0 Å². The lowest BCUT2D eigenvalue weighted by molar-refractivity contribution is 0.149. The molecule has 2 unspecified atom stereocenters. The van der Waals surface area contributed by atoms with E-state index in [1.54, 1.807) is 12.1 Å². The van der Waals surface area contributed by atoms with E-state index < -0.39 is 0 Å². The zero-order chi connectivity index (χ0) is 13.9. The number of aliphatic hydroxyl groups is 1. The largest absolute Gasteiger partial charge is 0.394 e. The minimum Gasteiger partial charge on any atom is -0.394 e. The molecule has 19 heavy (non-hydrogen) atoms. The Morgan fingerprint density at radius 1 is 1.58 bits per heavy atom. The van der Waals surface area contributed by atoms with Crippen LogP contribution in [-0.4, -0.2) is 17.3 Å². The molecule has 0 aliphatic heterocycles. The summed E-state index contributed by atoms with van der Waals surface area (Å²) in [6.45, 7) is 2.38. The Hall–Kier alpha value is -1.05. The van der Waals surface area contributed by atoms with Crippen molar-refractivity contribution in [2.75, 3.05) is 11.9 Å². The number of hydrogen-bond acceptors (Lipinski definition) is 3. The monoisotopic (exact) mass is 322 g/mol. The van der Waals surface area contributed by atoms with E-state index in [0.29, 0.717) is 11.5 Å². The SMILES string of the molecule is CC1CCCC(CO)(Nc2ccc(C#N)cc2Br)C1. The van der Waals surface area contributed by atoms with Gasteiger partial charge in [0, 0.05) is 10.2 Å². The van der Waals surface area contributed by atoms with Crippen LogP contribution < -0.4 is 5.32 Å². The number of halogens is 1. The van der Waals surface area contributed by atoms with Gasteiger partial charge in [-0.05, 0) is 52.9 Å². The van der Waals surface area contributed by atoms with Gasteiger partial charge in [-0.15, -0.1) is 0 Å². The average molecular weight is 323 g/mol. The third-order valence-corrected chi connectivity index (χ3v) is 4.55. The quantitative estimate of drug-likeness (QED) is 0.892. The van der Waals surface area contributed by atoms with Crippen molar-refractivity contribution in [1.82, 2.24) is 0 Å². The molecule has 0 heterocycles. The number of benzene rings is 1. The smallest absolute Gasteiger partial charge is 0.0992 e. The summed E-state index contributed by atoms with van der Waals surface area (Å²) >= 11 is 3.49. The predicted molar refractivity (Wildman–Crippen MR) is 79.9 cm³/mol. The first-order valence-corrected chi connectivity index (χ1v) is 7.46. The third kappa shape index (κ3) is 3.29. The van der Waals surface area contributed by atoms with E-state index in [1.165, 1.54) is 6.42 Å². The van der Waals surface area contributed by atoms with Crippen LogP contribution in [0.25, 0.3) is 0 Å². The third-order valence-electron chi connectivity index (χ3n) is 3.89. The lowest BCUT2D eigenvalue weighted by atomic mass is 9.76. The highest BCUT2D eigenvalue weighted by Gasteiger charge is 2.34. The second kappa shape index (κ2) is 5.94. The van der Waals surface area contributed by atoms with Gasteiger partial charge in [0.25, 0.3) is 0 Å². The molecular weight excluding hydrogens is 304 g/mol. The Kier molecular flexibility index (Phi) is 4.49. The van der Waals surface area contributed by atoms with Crippen molar-refractivity contribution in [3.63, 3.8) is 0 Å². The van der Waals surface area contributed by atoms with Crippen molar-refractivity contribution in [3.8, 4) is 6.07 Å². The Labute approximate surface area is 122 Å². The minimum absolute atomic E-state index is 0.143. The molecule has 1 aliphatic rings. The van der Waals surface area contributed by atoms with Crippen LogP contribution in [0.15, 0.2) is 22.7 Å². The first kappa shape index (κ1) is 14.4. The van der Waals surface area contributed by atoms with Gasteiger partial charge in [-0.3, -0.25) is 0 Å². The van der Waals surface area contributed by atoms with Gasteiger partial charge in [-0.2, -0.15) is 5.26 Å². The van der Waals surface area contributed by atoms with E-state index in [9.17, 15) is 5.11 Å². The highest BCUT2D eigenvalue weighted by molar-refractivity contribution is 9.10. The lowest BCUT2D eigenvalue weighted by Crippen LogP contribution is -2.45. The zero-order valence-corrected chi connectivity index (χ0v) is 12.7. The van der Waals surface area contributed by atoms with E-state index in [0.717, 1.165) is 29.4 Å². The van der Waals surface area contributed by atoms with E-state index in [2.05, 4.69) is 34.2 Å². The van der Waals surface area contributed by atoms with Crippen LogP contribution in [-0.2, 0) is 0 Å². The van der Waals surface area contributed by atoms with Gasteiger partial charge in [0.15, 0.2) is 0 Å². The summed E-state index contributed by atoms with van der Waals surface area (Å²) < 4.78 is 0.873. The van der Waals surface area contributed by atoms with Crippen molar-refractivity contribution < 1.29 is 5.11 Å². The fourth-order valence-corrected chi connectivity index (χ4v) is 3.41. The van der Waals surface area contributed by atoms with Gasteiger partial charge in [0.2, 0.25) is 0 Å². The summed E-state index contributed by atoms with van der Waals surface area (Å²) in [5, 5.41) is 22.1. The number of aliphatic hydroxyl groups excluding tert-OH is 1. The number of nitrogens with one attached hydrogen (secondary N) is 1. The maximum atomic E-state index is 9.78. The van der Waals surface area contributed by atoms with Crippen LogP contribution in [0.1, 0.15) is 38.2 Å². The molecule has 3 nitrogen and oxygen atoms in total. The second-order valence-electron chi connectivity index (χ2n) is 5.57. The summed E-state index contributed by atoms with van der Waals surface area (Å²) in [5.74, 6) is 0.630. The van der Waals surface area contributed by atoms with Crippen LogP contribution in [0.3, 0.4) is 0 Å². The number of anilines is 1. The average Bonchev–Trinajstić information content (AvgIpc) is 2.41. The topological polar surface area (TPSA) is 56.0 Å². The Morgan fingerprint density at radius 2 is 2.37 bits per heavy atom. The molecule has 0 bridgehead atoms. The van der Waals surface area contributed by atoms with Gasteiger partial charge < -0.3 is 10.4 Å². The molecular formula is C15H19BrN2O. The number of nitrogens with zero attached hydrogens (tertiary/aromatic N) is 1. The molecule has 4 heteroatoms. The molecule has 2 rings (SSSR count). The van der Waals surface area contributed by atoms with E-state index in [4.69, 9.17) is 5.26 Å². The summed E-state index contributed by atoms with van der Waals surface area (Å²) in [6.07, 6.45) is 4.34. The van der Waals surface area contributed by atoms with Gasteiger partial charge in [-0.25, -0.2) is 0 Å². The first-order chi connectivity index (χ1) is 9.08. The van der Waals surface area contributed by atoms with Gasteiger partial charge in [-0.1, -0.05) is 19.8 Å². The molecule has 1 saturated carbocycles. The van der Waals surface area contributed by atoms with Crippen molar-refractivity contribution >= 4 is 21.6 Å². The molecule has 102 valence electrons. The minimum atomic E-state index is -0.228. The Balaban J connectivity index is 2.21. The van der Waals surface area contributed by atoms with Gasteiger partial charge in [0.1, 0.15) is 0 Å². The molecule has 0 spiro atoms. The fourth-order valence-electron chi connectivity index (χ4n) is 2.93. The molecule has 0 aromatic heterocycles. The summed E-state index contributed by atoms with van der Waals surface area (Å²) in [6, 6.07) is 7.63. The molecule has 1 aromatic carbocycles. The number of rotatable bonds is 3. The normalized spacial score (nSPS) is 26.7. The Bertz CT molecular complexity index is 497. The molecule has 2 atom stereocenters. The lowest BCUT2D eigenvalue weighted by Gasteiger charge is -2.40. The zero-order valence-electron chi connectivity index (χ0n) is 11.1.